The predicted molar refractivity (Wildman–Crippen MR) is 87.1 cm³/mol. The number of rotatable bonds is 6. The molecule has 0 fully saturated rings. The van der Waals surface area contributed by atoms with Crippen LogP contribution >= 0.6 is 15.9 Å². The largest absolute Gasteiger partial charge is 0.318 e. The van der Waals surface area contributed by atoms with Crippen LogP contribution in [-0.4, -0.2) is 45.1 Å². The van der Waals surface area contributed by atoms with Crippen molar-refractivity contribution in [2.75, 3.05) is 20.6 Å². The van der Waals surface area contributed by atoms with Crippen molar-refractivity contribution < 1.29 is 0 Å². The van der Waals surface area contributed by atoms with E-state index in [0.717, 1.165) is 41.2 Å². The van der Waals surface area contributed by atoms with Gasteiger partial charge in [-0.05, 0) is 49.9 Å². The minimum atomic E-state index is -0.245. The third-order valence-corrected chi connectivity index (χ3v) is 4.05. The average Bonchev–Trinajstić information content (AvgIpc) is 2.98. The number of hydrogen-bond donors (Lipinski definition) is 1. The third-order valence-electron chi connectivity index (χ3n) is 3.44. The van der Waals surface area contributed by atoms with Gasteiger partial charge in [-0.2, -0.15) is 10.2 Å². The molecule has 1 atom stereocenters. The molecule has 2 N–H and O–H groups in total. The van der Waals surface area contributed by atoms with Gasteiger partial charge in [0.15, 0.2) is 0 Å². The van der Waals surface area contributed by atoms with E-state index in [-0.39, 0.29) is 6.04 Å². The Morgan fingerprint density at radius 1 is 1.38 bits per heavy atom. The molecule has 116 valence electrons. The summed E-state index contributed by atoms with van der Waals surface area (Å²) < 4.78 is 4.86. The lowest BCUT2D eigenvalue weighted by Gasteiger charge is -2.17. The van der Waals surface area contributed by atoms with E-state index in [9.17, 15) is 0 Å². The van der Waals surface area contributed by atoms with Crippen molar-refractivity contribution in [3.63, 3.8) is 0 Å². The van der Waals surface area contributed by atoms with Gasteiger partial charge in [-0.1, -0.05) is 0 Å². The zero-order chi connectivity index (χ0) is 15.6. The van der Waals surface area contributed by atoms with Crippen molar-refractivity contribution in [1.29, 1.82) is 0 Å². The molecular weight excluding hydrogens is 332 g/mol. The van der Waals surface area contributed by atoms with Crippen LogP contribution < -0.4 is 5.73 Å². The van der Waals surface area contributed by atoms with E-state index in [1.807, 2.05) is 42.6 Å². The fourth-order valence-corrected chi connectivity index (χ4v) is 2.91. The van der Waals surface area contributed by atoms with E-state index < -0.39 is 0 Å². The molecule has 0 aliphatic heterocycles. The first-order valence-electron chi connectivity index (χ1n) is 7.09. The Morgan fingerprint density at radius 2 is 2.10 bits per heavy atom. The molecule has 2 rings (SSSR count). The predicted octanol–water partition coefficient (Wildman–Crippen LogP) is 1.78. The first kappa shape index (κ1) is 16.2. The molecule has 1 unspecified atom stereocenters. The van der Waals surface area contributed by atoms with Gasteiger partial charge >= 0.3 is 0 Å². The summed E-state index contributed by atoms with van der Waals surface area (Å²) in [4.78, 5) is 2.13. The highest BCUT2D eigenvalue weighted by atomic mass is 79.9. The maximum absolute atomic E-state index is 6.49. The number of hydrogen-bond acceptors (Lipinski definition) is 4. The highest BCUT2D eigenvalue weighted by molar-refractivity contribution is 9.10. The second-order valence-electron chi connectivity index (χ2n) is 5.41. The van der Waals surface area contributed by atoms with Crippen LogP contribution in [0.3, 0.4) is 0 Å². The first-order chi connectivity index (χ1) is 9.93. The van der Waals surface area contributed by atoms with E-state index in [1.165, 1.54) is 0 Å². The van der Waals surface area contributed by atoms with Crippen LogP contribution in [0.25, 0.3) is 0 Å². The molecule has 0 spiro atoms. The van der Waals surface area contributed by atoms with Crippen molar-refractivity contribution in [2.45, 2.75) is 33.0 Å². The molecule has 0 aliphatic rings. The normalized spacial score (nSPS) is 13.1. The molecular formula is C14H23BrN6. The number of aryl methyl sites for hydroxylation is 2. The minimum absolute atomic E-state index is 0.245. The van der Waals surface area contributed by atoms with Crippen LogP contribution in [0.5, 0.6) is 0 Å². The molecule has 0 aliphatic carbocycles. The Kier molecular flexibility index (Phi) is 5.18. The number of nitrogens with zero attached hydrogens (tertiary/aromatic N) is 5. The fraction of sp³-hybridized carbons (Fsp3) is 0.571. The summed E-state index contributed by atoms with van der Waals surface area (Å²) in [5.41, 5.74) is 9.49. The fourth-order valence-electron chi connectivity index (χ4n) is 2.36. The van der Waals surface area contributed by atoms with Gasteiger partial charge in [0.2, 0.25) is 0 Å². The second kappa shape index (κ2) is 6.72. The molecule has 2 aromatic heterocycles. The summed E-state index contributed by atoms with van der Waals surface area (Å²) in [7, 11) is 4.10. The number of likely N-dealkylation sites (N-methyl/N-ethyl adjacent to an activating group) is 1. The molecule has 0 aromatic carbocycles. The highest BCUT2D eigenvalue weighted by Gasteiger charge is 2.22. The summed E-state index contributed by atoms with van der Waals surface area (Å²) in [6.45, 7) is 6.59. The Morgan fingerprint density at radius 3 is 2.71 bits per heavy atom. The Bertz CT molecular complexity index is 601. The van der Waals surface area contributed by atoms with Gasteiger partial charge in [-0.25, -0.2) is 0 Å². The summed E-state index contributed by atoms with van der Waals surface area (Å²) >= 11 is 3.57. The Labute approximate surface area is 134 Å². The van der Waals surface area contributed by atoms with E-state index in [0.29, 0.717) is 0 Å². The molecule has 0 amide bonds. The topological polar surface area (TPSA) is 64.9 Å². The van der Waals surface area contributed by atoms with Crippen LogP contribution in [0.15, 0.2) is 16.7 Å². The van der Waals surface area contributed by atoms with Crippen LogP contribution in [0.4, 0.5) is 0 Å². The van der Waals surface area contributed by atoms with E-state index in [4.69, 9.17) is 5.73 Å². The lowest BCUT2D eigenvalue weighted by Crippen LogP contribution is -2.25. The average molecular weight is 355 g/mol. The Balaban J connectivity index is 2.33. The van der Waals surface area contributed by atoms with E-state index in [1.54, 1.807) is 0 Å². The van der Waals surface area contributed by atoms with Crippen LogP contribution in [0.1, 0.15) is 30.0 Å². The minimum Gasteiger partial charge on any atom is -0.318 e. The standard InChI is InChI=1S/C14H23BrN6/c1-5-20-12(8-10(2)18-20)13(16)14-11(15)9-17-21(14)7-6-19(3)4/h8-9,13H,5-7,16H2,1-4H3. The lowest BCUT2D eigenvalue weighted by atomic mass is 10.1. The van der Waals surface area contributed by atoms with E-state index >= 15 is 0 Å². The summed E-state index contributed by atoms with van der Waals surface area (Å²) in [6, 6.07) is 1.80. The summed E-state index contributed by atoms with van der Waals surface area (Å²) in [5, 5.41) is 8.91. The molecule has 2 heterocycles. The second-order valence-corrected chi connectivity index (χ2v) is 6.26. The van der Waals surface area contributed by atoms with Crippen LogP contribution in [0, 0.1) is 6.92 Å². The number of aromatic nitrogens is 4. The Hall–Kier alpha value is -1.18. The molecule has 2 aromatic rings. The van der Waals surface area contributed by atoms with Crippen molar-refractivity contribution in [1.82, 2.24) is 24.5 Å². The van der Waals surface area contributed by atoms with Crippen molar-refractivity contribution in [2.24, 2.45) is 5.73 Å². The van der Waals surface area contributed by atoms with Crippen LogP contribution in [0.2, 0.25) is 0 Å². The van der Waals surface area contributed by atoms with Gasteiger partial charge in [-0.3, -0.25) is 9.36 Å². The molecule has 0 bridgehead atoms. The third kappa shape index (κ3) is 3.53. The van der Waals surface area contributed by atoms with Gasteiger partial charge in [0.25, 0.3) is 0 Å². The summed E-state index contributed by atoms with van der Waals surface area (Å²) in [5.74, 6) is 0. The summed E-state index contributed by atoms with van der Waals surface area (Å²) in [6.07, 6.45) is 1.81. The van der Waals surface area contributed by atoms with E-state index in [2.05, 4.69) is 38.0 Å². The van der Waals surface area contributed by atoms with Crippen molar-refractivity contribution in [3.8, 4) is 0 Å². The number of nitrogens with two attached hydrogens (primary N) is 1. The smallest absolute Gasteiger partial charge is 0.0905 e. The van der Waals surface area contributed by atoms with Gasteiger partial charge in [0, 0.05) is 13.1 Å². The lowest BCUT2D eigenvalue weighted by molar-refractivity contribution is 0.367. The zero-order valence-electron chi connectivity index (χ0n) is 13.0. The van der Waals surface area contributed by atoms with Gasteiger partial charge < -0.3 is 10.6 Å². The molecule has 7 heteroatoms. The highest BCUT2D eigenvalue weighted by Crippen LogP contribution is 2.27. The maximum Gasteiger partial charge on any atom is 0.0905 e. The maximum atomic E-state index is 6.49. The van der Waals surface area contributed by atoms with Gasteiger partial charge in [0.1, 0.15) is 0 Å². The van der Waals surface area contributed by atoms with Gasteiger partial charge in [-0.15, -0.1) is 0 Å². The molecule has 0 saturated carbocycles. The quantitative estimate of drug-likeness (QED) is 0.858. The van der Waals surface area contributed by atoms with Crippen LogP contribution in [-0.2, 0) is 13.1 Å². The molecule has 0 radical (unpaired) electrons. The molecule has 0 saturated heterocycles. The first-order valence-corrected chi connectivity index (χ1v) is 7.89. The molecule has 21 heavy (non-hydrogen) atoms. The van der Waals surface area contributed by atoms with Crippen molar-refractivity contribution >= 4 is 15.9 Å². The zero-order valence-corrected chi connectivity index (χ0v) is 14.6. The van der Waals surface area contributed by atoms with Gasteiger partial charge in [0.05, 0.1) is 40.3 Å². The van der Waals surface area contributed by atoms with Crippen molar-refractivity contribution in [3.05, 3.63) is 33.8 Å². The SMILES string of the molecule is CCn1nc(C)cc1C(N)c1c(Br)cnn1CCN(C)C. The number of halogens is 1. The molecule has 6 nitrogen and oxygen atoms in total. The monoisotopic (exact) mass is 354 g/mol.